The number of ether oxygens (including phenoxy) is 2. The summed E-state index contributed by atoms with van der Waals surface area (Å²) in [5.74, 6) is -0.243. The number of carbonyl (C=O) groups is 1. The molecule has 0 amide bonds. The fourth-order valence-corrected chi connectivity index (χ4v) is 2.98. The van der Waals surface area contributed by atoms with Gasteiger partial charge in [0.2, 0.25) is 0 Å². The Morgan fingerprint density at radius 3 is 2.75 bits per heavy atom. The van der Waals surface area contributed by atoms with Crippen LogP contribution in [0.25, 0.3) is 10.8 Å². The Bertz CT molecular complexity index is 738. The van der Waals surface area contributed by atoms with Gasteiger partial charge in [0.15, 0.2) is 6.10 Å². The van der Waals surface area contributed by atoms with Crippen molar-refractivity contribution in [2.75, 3.05) is 6.61 Å². The summed E-state index contributed by atoms with van der Waals surface area (Å²) in [6.45, 7) is 4.76. The molecule has 0 saturated carbocycles. The molecule has 1 heterocycles. The average Bonchev–Trinajstić information content (AvgIpc) is 3.12. The molecule has 0 aromatic heterocycles. The van der Waals surface area contributed by atoms with Gasteiger partial charge in [-0.25, -0.2) is 4.79 Å². The third kappa shape index (κ3) is 4.04. The van der Waals surface area contributed by atoms with Crippen molar-refractivity contribution in [3.8, 4) is 0 Å². The van der Waals surface area contributed by atoms with Crippen LogP contribution in [0.4, 0.5) is 0 Å². The summed E-state index contributed by atoms with van der Waals surface area (Å²) >= 11 is 0. The van der Waals surface area contributed by atoms with Gasteiger partial charge in [0.25, 0.3) is 0 Å². The lowest BCUT2D eigenvalue weighted by Crippen LogP contribution is -2.24. The Morgan fingerprint density at radius 1 is 1.25 bits per heavy atom. The van der Waals surface area contributed by atoms with E-state index in [1.165, 1.54) is 11.0 Å². The van der Waals surface area contributed by atoms with Crippen molar-refractivity contribution in [3.63, 3.8) is 0 Å². The minimum absolute atomic E-state index is 0.243. The molecular weight excluding hydrogens is 300 g/mol. The normalized spacial score (nSPS) is 18.3. The Balaban J connectivity index is 1.84. The molecule has 0 aliphatic carbocycles. The smallest absolute Gasteiger partial charge is 0.335 e. The molecule has 3 heteroatoms. The van der Waals surface area contributed by atoms with E-state index in [1.54, 1.807) is 0 Å². The Hall–Kier alpha value is -2.13. The number of esters is 1. The fourth-order valence-electron chi connectivity index (χ4n) is 2.98. The quantitative estimate of drug-likeness (QED) is 0.576. The summed E-state index contributed by atoms with van der Waals surface area (Å²) in [6, 6.07) is 14.5. The van der Waals surface area contributed by atoms with Crippen LogP contribution in [0.1, 0.15) is 44.8 Å². The molecule has 24 heavy (non-hydrogen) atoms. The van der Waals surface area contributed by atoms with Crippen LogP contribution >= 0.6 is 0 Å². The van der Waals surface area contributed by atoms with E-state index in [2.05, 4.69) is 50.3 Å². The van der Waals surface area contributed by atoms with Crippen LogP contribution in [0.5, 0.6) is 0 Å². The first kappa shape index (κ1) is 16.7. The van der Waals surface area contributed by atoms with Crippen molar-refractivity contribution in [3.05, 3.63) is 59.7 Å². The predicted octanol–water partition coefficient (Wildman–Crippen LogP) is 4.96. The second kappa shape index (κ2) is 7.63. The predicted molar refractivity (Wildman–Crippen MR) is 95.8 cm³/mol. The summed E-state index contributed by atoms with van der Waals surface area (Å²) in [4.78, 5) is 12.4. The molecule has 3 rings (SSSR count). The van der Waals surface area contributed by atoms with Crippen LogP contribution in [-0.2, 0) is 14.3 Å². The van der Waals surface area contributed by atoms with Crippen LogP contribution in [-0.4, -0.2) is 18.7 Å². The van der Waals surface area contributed by atoms with Gasteiger partial charge in [0.05, 0.1) is 0 Å². The Morgan fingerprint density at radius 2 is 2.04 bits per heavy atom. The maximum absolute atomic E-state index is 12.4. The van der Waals surface area contributed by atoms with Gasteiger partial charge < -0.3 is 9.47 Å². The van der Waals surface area contributed by atoms with Crippen LogP contribution < -0.4 is 0 Å². The zero-order valence-corrected chi connectivity index (χ0v) is 14.3. The molecule has 0 spiro atoms. The van der Waals surface area contributed by atoms with Gasteiger partial charge in [-0.3, -0.25) is 0 Å². The molecule has 1 fully saturated rings. The van der Waals surface area contributed by atoms with Crippen molar-refractivity contribution in [1.82, 2.24) is 0 Å². The molecule has 1 saturated heterocycles. The van der Waals surface area contributed by atoms with Crippen LogP contribution in [0.2, 0.25) is 0 Å². The summed E-state index contributed by atoms with van der Waals surface area (Å²) in [5, 5.41) is 2.35. The summed E-state index contributed by atoms with van der Waals surface area (Å²) < 4.78 is 11.3. The molecule has 2 aromatic rings. The van der Waals surface area contributed by atoms with Crippen molar-refractivity contribution in [1.29, 1.82) is 0 Å². The first-order chi connectivity index (χ1) is 11.6. The SMILES string of the molecule is CC(C)=CCC(OC(=O)C1CCCO1)c1ccc2ccccc2c1. The summed E-state index contributed by atoms with van der Waals surface area (Å²) in [5.41, 5.74) is 2.24. The van der Waals surface area contributed by atoms with Crippen molar-refractivity contribution < 1.29 is 14.3 Å². The van der Waals surface area contributed by atoms with Crippen molar-refractivity contribution in [2.24, 2.45) is 0 Å². The largest absolute Gasteiger partial charge is 0.455 e. The van der Waals surface area contributed by atoms with Gasteiger partial charge in [-0.1, -0.05) is 48.0 Å². The standard InChI is InChI=1S/C21H24O3/c1-15(2)9-12-19(24-21(22)20-8-5-13-23-20)18-11-10-16-6-3-4-7-17(16)14-18/h3-4,6-7,9-11,14,19-20H,5,8,12-13H2,1-2H3. The number of hydrogen-bond acceptors (Lipinski definition) is 3. The molecular formula is C21H24O3. The lowest BCUT2D eigenvalue weighted by Gasteiger charge is -2.20. The van der Waals surface area contributed by atoms with Crippen molar-refractivity contribution >= 4 is 16.7 Å². The molecule has 1 aliphatic rings. The van der Waals surface area contributed by atoms with E-state index < -0.39 is 6.10 Å². The number of hydrogen-bond donors (Lipinski definition) is 0. The van der Waals surface area contributed by atoms with Crippen LogP contribution in [0.15, 0.2) is 54.1 Å². The van der Waals surface area contributed by atoms with E-state index in [1.807, 2.05) is 12.1 Å². The van der Waals surface area contributed by atoms with Gasteiger partial charge in [0, 0.05) is 13.0 Å². The minimum Gasteiger partial charge on any atom is -0.455 e. The van der Waals surface area contributed by atoms with Gasteiger partial charge in [-0.2, -0.15) is 0 Å². The highest BCUT2D eigenvalue weighted by atomic mass is 16.6. The highest BCUT2D eigenvalue weighted by molar-refractivity contribution is 5.83. The zero-order valence-electron chi connectivity index (χ0n) is 14.3. The Kier molecular flexibility index (Phi) is 5.31. The number of allylic oxidation sites excluding steroid dienone is 1. The number of carbonyl (C=O) groups excluding carboxylic acids is 1. The molecule has 2 unspecified atom stereocenters. The van der Waals surface area contributed by atoms with Gasteiger partial charge >= 0.3 is 5.97 Å². The minimum atomic E-state index is -0.403. The fraction of sp³-hybridized carbons (Fsp3) is 0.381. The summed E-state index contributed by atoms with van der Waals surface area (Å²) in [7, 11) is 0. The lowest BCUT2D eigenvalue weighted by atomic mass is 10.0. The zero-order chi connectivity index (χ0) is 16.9. The molecule has 0 N–H and O–H groups in total. The Labute approximate surface area is 143 Å². The summed E-state index contributed by atoms with van der Waals surface area (Å²) in [6.07, 6.45) is 3.79. The third-order valence-electron chi connectivity index (χ3n) is 4.34. The van der Waals surface area contributed by atoms with Gasteiger partial charge in [0.1, 0.15) is 6.10 Å². The van der Waals surface area contributed by atoms with E-state index in [0.29, 0.717) is 13.0 Å². The second-order valence-electron chi connectivity index (χ2n) is 6.55. The molecule has 1 aliphatic heterocycles. The molecule has 2 atom stereocenters. The molecule has 3 nitrogen and oxygen atoms in total. The average molecular weight is 324 g/mol. The van der Waals surface area contributed by atoms with E-state index in [4.69, 9.17) is 9.47 Å². The number of rotatable bonds is 5. The van der Waals surface area contributed by atoms with Crippen LogP contribution in [0, 0.1) is 0 Å². The molecule has 0 bridgehead atoms. The topological polar surface area (TPSA) is 35.5 Å². The number of fused-ring (bicyclic) bond motifs is 1. The van der Waals surface area contributed by atoms with Gasteiger partial charge in [-0.15, -0.1) is 0 Å². The number of benzene rings is 2. The second-order valence-corrected chi connectivity index (χ2v) is 6.55. The highest BCUT2D eigenvalue weighted by Gasteiger charge is 2.27. The highest BCUT2D eigenvalue weighted by Crippen LogP contribution is 2.28. The monoisotopic (exact) mass is 324 g/mol. The molecule has 2 aromatic carbocycles. The van der Waals surface area contributed by atoms with Crippen LogP contribution in [0.3, 0.4) is 0 Å². The maximum atomic E-state index is 12.4. The van der Waals surface area contributed by atoms with Crippen molar-refractivity contribution in [2.45, 2.75) is 45.3 Å². The third-order valence-corrected chi connectivity index (χ3v) is 4.34. The molecule has 126 valence electrons. The first-order valence-corrected chi connectivity index (χ1v) is 8.57. The maximum Gasteiger partial charge on any atom is 0.335 e. The van der Waals surface area contributed by atoms with Gasteiger partial charge in [-0.05, 0) is 49.1 Å². The molecule has 0 radical (unpaired) electrons. The lowest BCUT2D eigenvalue weighted by molar-refractivity contribution is -0.160. The van der Waals surface area contributed by atoms with E-state index in [-0.39, 0.29) is 12.1 Å². The van der Waals surface area contributed by atoms with E-state index >= 15 is 0 Å². The van der Waals surface area contributed by atoms with E-state index in [0.717, 1.165) is 23.8 Å². The van der Waals surface area contributed by atoms with E-state index in [9.17, 15) is 4.79 Å². The first-order valence-electron chi connectivity index (χ1n) is 8.57.